The molecule has 0 aliphatic rings. The summed E-state index contributed by atoms with van der Waals surface area (Å²) in [6.45, 7) is 0. The minimum Gasteiger partial charge on any atom is -0.481 e. The van der Waals surface area contributed by atoms with Gasteiger partial charge in [-0.15, -0.1) is 0 Å². The van der Waals surface area contributed by atoms with Gasteiger partial charge in [-0.2, -0.15) is 13.2 Å². The fraction of sp³-hybridized carbons (Fsp3) is 0.333. The van der Waals surface area contributed by atoms with Crippen LogP contribution in [-0.2, 0) is 17.4 Å². The third kappa shape index (κ3) is 3.50. The summed E-state index contributed by atoms with van der Waals surface area (Å²) in [5.41, 5.74) is -3.30. The first-order valence-corrected chi connectivity index (χ1v) is 5.47. The van der Waals surface area contributed by atoms with Crippen LogP contribution in [0.1, 0.15) is 23.4 Å². The monoisotopic (exact) mass is 381 g/mol. The second-order valence-corrected chi connectivity index (χ2v) is 4.38. The summed E-state index contributed by atoms with van der Waals surface area (Å²) in [7, 11) is 0. The van der Waals surface area contributed by atoms with E-state index in [4.69, 9.17) is 5.11 Å². The lowest BCUT2D eigenvalue weighted by Gasteiger charge is -2.14. The number of carboxylic acid groups (broad SMARTS) is 1. The molecule has 0 bridgehead atoms. The molecule has 1 heterocycles. The van der Waals surface area contributed by atoms with Crippen molar-refractivity contribution in [1.82, 2.24) is 4.98 Å². The van der Waals surface area contributed by atoms with Crippen LogP contribution in [0, 0.1) is 3.57 Å². The quantitative estimate of drug-likeness (QED) is 0.646. The molecule has 0 unspecified atom stereocenters. The molecule has 1 N–H and O–H groups in total. The molecule has 3 nitrogen and oxygen atoms in total. The van der Waals surface area contributed by atoms with Gasteiger partial charge in [-0.1, -0.05) is 0 Å². The normalized spacial score (nSPS) is 11.9. The summed E-state index contributed by atoms with van der Waals surface area (Å²) in [5, 5.41) is 8.50. The molecule has 1 aromatic rings. The van der Waals surface area contributed by atoms with Gasteiger partial charge in [0.1, 0.15) is 5.69 Å². The van der Waals surface area contributed by atoms with E-state index in [1.54, 1.807) is 0 Å². The third-order valence-electron chi connectivity index (χ3n) is 1.91. The molecule has 0 saturated heterocycles. The molecule has 0 radical (unpaired) electrons. The molecular formula is C9H5F5INO2. The van der Waals surface area contributed by atoms with Gasteiger partial charge in [0.15, 0.2) is 0 Å². The van der Waals surface area contributed by atoms with Crippen LogP contribution in [-0.4, -0.2) is 16.1 Å². The van der Waals surface area contributed by atoms with Gasteiger partial charge in [-0.25, -0.2) is 13.8 Å². The number of nitrogens with zero attached hydrogens (tertiary/aromatic N) is 1. The summed E-state index contributed by atoms with van der Waals surface area (Å²) in [5.74, 6) is -1.36. The van der Waals surface area contributed by atoms with Crippen LogP contribution in [0.5, 0.6) is 0 Å². The van der Waals surface area contributed by atoms with E-state index >= 15 is 0 Å². The highest BCUT2D eigenvalue weighted by molar-refractivity contribution is 14.1. The predicted molar refractivity (Wildman–Crippen MR) is 58.3 cm³/mol. The largest absolute Gasteiger partial charge is 0.481 e. The van der Waals surface area contributed by atoms with Crippen LogP contribution in [0.25, 0.3) is 0 Å². The highest BCUT2D eigenvalue weighted by Crippen LogP contribution is 2.36. The van der Waals surface area contributed by atoms with Crippen molar-refractivity contribution >= 4 is 28.6 Å². The first kappa shape index (κ1) is 15.1. The molecule has 1 rings (SSSR count). The zero-order chi connectivity index (χ0) is 14.1. The molecule has 0 amide bonds. The fourth-order valence-corrected chi connectivity index (χ4v) is 1.83. The molecule has 0 fully saturated rings. The van der Waals surface area contributed by atoms with E-state index in [9.17, 15) is 26.7 Å². The minimum atomic E-state index is -4.96. The number of pyridine rings is 1. The summed E-state index contributed by atoms with van der Waals surface area (Å²) in [6.07, 6.45) is -9.09. The smallest absolute Gasteiger partial charge is 0.418 e. The molecule has 0 aliphatic carbocycles. The summed E-state index contributed by atoms with van der Waals surface area (Å²) in [4.78, 5) is 13.6. The first-order chi connectivity index (χ1) is 8.12. The number of hydrogen-bond acceptors (Lipinski definition) is 2. The van der Waals surface area contributed by atoms with Gasteiger partial charge >= 0.3 is 12.1 Å². The Hall–Kier alpha value is -1.00. The van der Waals surface area contributed by atoms with Crippen molar-refractivity contribution in [3.63, 3.8) is 0 Å². The van der Waals surface area contributed by atoms with Gasteiger partial charge in [0.05, 0.1) is 17.7 Å². The summed E-state index contributed by atoms with van der Waals surface area (Å²) < 4.78 is 62.3. The van der Waals surface area contributed by atoms with Gasteiger partial charge in [0, 0.05) is 3.57 Å². The summed E-state index contributed by atoms with van der Waals surface area (Å²) in [6, 6.07) is 0.479. The average molecular weight is 381 g/mol. The summed E-state index contributed by atoms with van der Waals surface area (Å²) >= 11 is 1.43. The van der Waals surface area contributed by atoms with E-state index in [2.05, 4.69) is 4.98 Å². The Morgan fingerprint density at radius 2 is 2.00 bits per heavy atom. The number of halogens is 6. The van der Waals surface area contributed by atoms with Crippen LogP contribution in [0.15, 0.2) is 6.07 Å². The van der Waals surface area contributed by atoms with Crippen molar-refractivity contribution in [3.8, 4) is 0 Å². The first-order valence-electron chi connectivity index (χ1n) is 4.39. The SMILES string of the molecule is O=C(O)Cc1nc(C(F)F)c(C(F)(F)F)cc1I. The molecule has 9 heteroatoms. The Morgan fingerprint density at radius 1 is 1.44 bits per heavy atom. The van der Waals surface area contributed by atoms with Gasteiger partial charge < -0.3 is 5.11 Å². The van der Waals surface area contributed by atoms with Crippen LogP contribution < -0.4 is 0 Å². The van der Waals surface area contributed by atoms with Gasteiger partial charge in [-0.3, -0.25) is 4.79 Å². The molecule has 0 atom stereocenters. The lowest BCUT2D eigenvalue weighted by molar-refractivity contribution is -0.140. The second kappa shape index (κ2) is 5.33. The van der Waals surface area contributed by atoms with E-state index in [0.717, 1.165) is 0 Å². The van der Waals surface area contributed by atoms with Crippen LogP contribution >= 0.6 is 22.6 Å². The second-order valence-electron chi connectivity index (χ2n) is 3.22. The van der Waals surface area contributed by atoms with E-state index in [1.807, 2.05) is 0 Å². The van der Waals surface area contributed by atoms with E-state index in [0.29, 0.717) is 6.07 Å². The van der Waals surface area contributed by atoms with Crippen LogP contribution in [0.2, 0.25) is 0 Å². The number of hydrogen-bond donors (Lipinski definition) is 1. The molecule has 0 aliphatic heterocycles. The van der Waals surface area contributed by atoms with Gasteiger partial charge in [0.25, 0.3) is 6.43 Å². The van der Waals surface area contributed by atoms with Crippen LogP contribution in [0.4, 0.5) is 22.0 Å². The number of rotatable bonds is 3. The highest BCUT2D eigenvalue weighted by atomic mass is 127. The maximum absolute atomic E-state index is 12.5. The van der Waals surface area contributed by atoms with E-state index in [-0.39, 0.29) is 9.26 Å². The average Bonchev–Trinajstić information content (AvgIpc) is 2.17. The van der Waals surface area contributed by atoms with E-state index < -0.39 is 36.2 Å². The molecular weight excluding hydrogens is 376 g/mol. The van der Waals surface area contributed by atoms with Crippen molar-refractivity contribution < 1.29 is 31.9 Å². The lowest BCUT2D eigenvalue weighted by Crippen LogP contribution is -2.15. The Bertz CT molecular complexity index is 475. The topological polar surface area (TPSA) is 50.2 Å². The van der Waals surface area contributed by atoms with Crippen molar-refractivity contribution in [1.29, 1.82) is 0 Å². The van der Waals surface area contributed by atoms with Crippen molar-refractivity contribution in [3.05, 3.63) is 26.6 Å². The maximum Gasteiger partial charge on any atom is 0.418 e. The molecule has 0 aromatic carbocycles. The number of aliphatic carboxylic acids is 1. The fourth-order valence-electron chi connectivity index (χ4n) is 1.20. The van der Waals surface area contributed by atoms with E-state index in [1.165, 1.54) is 22.6 Å². The maximum atomic E-state index is 12.5. The molecule has 1 aromatic heterocycles. The number of carboxylic acids is 1. The third-order valence-corrected chi connectivity index (χ3v) is 2.84. The standard InChI is InChI=1S/C9H5F5INO2/c10-8(11)7-3(9(12,13)14)1-4(15)5(16-7)2-6(17)18/h1,8H,2H2,(H,17,18). The minimum absolute atomic E-state index is 0.119. The number of alkyl halides is 5. The predicted octanol–water partition coefficient (Wildman–Crippen LogP) is 3.27. The van der Waals surface area contributed by atoms with Crippen molar-refractivity contribution in [2.24, 2.45) is 0 Å². The number of aromatic nitrogens is 1. The Balaban J connectivity index is 3.39. The molecule has 0 saturated carbocycles. The highest BCUT2D eigenvalue weighted by Gasteiger charge is 2.37. The van der Waals surface area contributed by atoms with Crippen molar-refractivity contribution in [2.45, 2.75) is 19.0 Å². The Labute approximate surface area is 111 Å². The van der Waals surface area contributed by atoms with Gasteiger partial charge in [0.2, 0.25) is 0 Å². The molecule has 100 valence electrons. The lowest BCUT2D eigenvalue weighted by atomic mass is 10.1. The van der Waals surface area contributed by atoms with Crippen LogP contribution in [0.3, 0.4) is 0 Å². The van der Waals surface area contributed by atoms with Crippen molar-refractivity contribution in [2.75, 3.05) is 0 Å². The Morgan fingerprint density at radius 3 is 2.39 bits per heavy atom. The zero-order valence-corrected chi connectivity index (χ0v) is 10.6. The van der Waals surface area contributed by atoms with Gasteiger partial charge in [-0.05, 0) is 28.7 Å². The number of carbonyl (C=O) groups is 1. The molecule has 0 spiro atoms. The molecule has 18 heavy (non-hydrogen) atoms. The Kier molecular flexibility index (Phi) is 4.46. The zero-order valence-electron chi connectivity index (χ0n) is 8.43.